The third-order valence-corrected chi connectivity index (χ3v) is 7.32. The minimum absolute atomic E-state index is 0.00850. The molecule has 1 amide bonds. The number of carbonyl (C=O) groups excluding carboxylic acids is 1. The van der Waals surface area contributed by atoms with Crippen molar-refractivity contribution in [1.82, 2.24) is 4.31 Å². The minimum Gasteiger partial charge on any atom is -0.495 e. The Kier molecular flexibility index (Phi) is 7.60. The predicted octanol–water partition coefficient (Wildman–Crippen LogP) is 3.59. The fourth-order valence-corrected chi connectivity index (χ4v) is 4.97. The molecule has 0 atom stereocenters. The molecule has 1 N–H and O–H groups in total. The van der Waals surface area contributed by atoms with Crippen LogP contribution in [-0.2, 0) is 26.0 Å². The van der Waals surface area contributed by atoms with E-state index in [0.29, 0.717) is 35.4 Å². The van der Waals surface area contributed by atoms with Crippen LogP contribution in [0.1, 0.15) is 12.0 Å². The van der Waals surface area contributed by atoms with E-state index in [9.17, 15) is 13.2 Å². The summed E-state index contributed by atoms with van der Waals surface area (Å²) in [6, 6.07) is 9.76. The van der Waals surface area contributed by atoms with Gasteiger partial charge in [-0.05, 0) is 42.3 Å². The lowest BCUT2D eigenvalue weighted by atomic mass is 10.1. The zero-order valence-electron chi connectivity index (χ0n) is 16.4. The van der Waals surface area contributed by atoms with Crippen molar-refractivity contribution in [3.63, 3.8) is 0 Å². The molecule has 1 fully saturated rings. The van der Waals surface area contributed by atoms with Crippen molar-refractivity contribution in [3.8, 4) is 5.75 Å². The Morgan fingerprint density at radius 1 is 1.13 bits per heavy atom. The summed E-state index contributed by atoms with van der Waals surface area (Å²) in [7, 11) is -2.37. The molecule has 0 spiro atoms. The number of aryl methyl sites for hydroxylation is 1. The standard InChI is InChI=1S/C20H22Cl2N2O5S/c1-28-18-6-4-15(13-19(18)30(26,27)24-8-10-29-11-9-24)23-20(25)7-3-14-2-5-16(21)17(22)12-14/h2,4-6,12-13H,3,7-11H2,1H3,(H,23,25). The number of benzene rings is 2. The summed E-state index contributed by atoms with van der Waals surface area (Å²) in [6.07, 6.45) is 0.674. The zero-order chi connectivity index (χ0) is 21.7. The van der Waals surface area contributed by atoms with Crippen molar-refractivity contribution in [3.05, 3.63) is 52.0 Å². The maximum Gasteiger partial charge on any atom is 0.246 e. The first kappa shape index (κ1) is 22.8. The number of nitrogens with zero attached hydrogens (tertiary/aromatic N) is 1. The van der Waals surface area contributed by atoms with Crippen molar-refractivity contribution in [2.24, 2.45) is 0 Å². The van der Waals surface area contributed by atoms with Gasteiger partial charge in [0.05, 0.1) is 30.4 Å². The van der Waals surface area contributed by atoms with Gasteiger partial charge in [-0.1, -0.05) is 29.3 Å². The number of rotatable bonds is 7. The summed E-state index contributed by atoms with van der Waals surface area (Å²) >= 11 is 11.9. The van der Waals surface area contributed by atoms with E-state index in [-0.39, 0.29) is 36.1 Å². The smallest absolute Gasteiger partial charge is 0.246 e. The molecule has 162 valence electrons. The number of amides is 1. The normalized spacial score (nSPS) is 15.0. The lowest BCUT2D eigenvalue weighted by Gasteiger charge is -2.26. The van der Waals surface area contributed by atoms with E-state index in [1.54, 1.807) is 18.2 Å². The van der Waals surface area contributed by atoms with Crippen molar-refractivity contribution in [2.75, 3.05) is 38.7 Å². The van der Waals surface area contributed by atoms with Gasteiger partial charge in [-0.25, -0.2) is 8.42 Å². The molecule has 7 nitrogen and oxygen atoms in total. The molecule has 1 heterocycles. The van der Waals surface area contributed by atoms with Crippen molar-refractivity contribution in [2.45, 2.75) is 17.7 Å². The lowest BCUT2D eigenvalue weighted by molar-refractivity contribution is -0.116. The Bertz CT molecular complexity index is 1020. The summed E-state index contributed by atoms with van der Waals surface area (Å²) in [5.41, 5.74) is 1.26. The molecule has 0 bridgehead atoms. The van der Waals surface area contributed by atoms with Crippen molar-refractivity contribution < 1.29 is 22.7 Å². The van der Waals surface area contributed by atoms with Crippen LogP contribution >= 0.6 is 23.2 Å². The molecule has 2 aromatic rings. The highest BCUT2D eigenvalue weighted by atomic mass is 35.5. The van der Waals surface area contributed by atoms with Gasteiger partial charge in [-0.15, -0.1) is 0 Å². The first-order chi connectivity index (χ1) is 14.3. The van der Waals surface area contributed by atoms with Gasteiger partial charge >= 0.3 is 0 Å². The fraction of sp³-hybridized carbons (Fsp3) is 0.350. The molecule has 30 heavy (non-hydrogen) atoms. The first-order valence-corrected chi connectivity index (χ1v) is 11.5. The number of anilines is 1. The maximum atomic E-state index is 13.0. The highest BCUT2D eigenvalue weighted by Gasteiger charge is 2.29. The maximum absolute atomic E-state index is 13.0. The van der Waals surface area contributed by atoms with Crippen molar-refractivity contribution >= 4 is 44.8 Å². The van der Waals surface area contributed by atoms with Crippen LogP contribution in [-0.4, -0.2) is 52.0 Å². The van der Waals surface area contributed by atoms with Crippen LogP contribution in [0.2, 0.25) is 10.0 Å². The summed E-state index contributed by atoms with van der Waals surface area (Å²) in [5.74, 6) is -0.0312. The number of methoxy groups -OCH3 is 1. The van der Waals surface area contributed by atoms with Gasteiger partial charge in [-0.3, -0.25) is 4.79 Å². The second-order valence-electron chi connectivity index (χ2n) is 6.68. The number of morpholine rings is 1. The number of ether oxygens (including phenoxy) is 2. The molecule has 0 saturated carbocycles. The van der Waals surface area contributed by atoms with Gasteiger partial charge in [-0.2, -0.15) is 4.31 Å². The molecule has 0 unspecified atom stereocenters. The predicted molar refractivity (Wildman–Crippen MR) is 116 cm³/mol. The molecular weight excluding hydrogens is 451 g/mol. The third kappa shape index (κ3) is 5.44. The van der Waals surface area contributed by atoms with Gasteiger partial charge in [0, 0.05) is 25.2 Å². The van der Waals surface area contributed by atoms with E-state index in [0.717, 1.165) is 5.56 Å². The zero-order valence-corrected chi connectivity index (χ0v) is 18.7. The van der Waals surface area contributed by atoms with Crippen LogP contribution < -0.4 is 10.1 Å². The molecular formula is C20H22Cl2N2O5S. The number of sulfonamides is 1. The highest BCUT2D eigenvalue weighted by molar-refractivity contribution is 7.89. The molecule has 2 aromatic carbocycles. The Hall–Kier alpha value is -1.84. The van der Waals surface area contributed by atoms with Gasteiger partial charge in [0.25, 0.3) is 0 Å². The van der Waals surface area contributed by atoms with E-state index in [2.05, 4.69) is 5.32 Å². The number of halogens is 2. The minimum atomic E-state index is -3.78. The molecule has 1 aliphatic rings. The lowest BCUT2D eigenvalue weighted by Crippen LogP contribution is -2.40. The van der Waals surface area contributed by atoms with Crippen LogP contribution in [0.4, 0.5) is 5.69 Å². The fourth-order valence-electron chi connectivity index (χ4n) is 3.06. The van der Waals surface area contributed by atoms with Crippen LogP contribution in [0.3, 0.4) is 0 Å². The van der Waals surface area contributed by atoms with Gasteiger partial charge in [0.15, 0.2) is 0 Å². The van der Waals surface area contributed by atoms with Gasteiger partial charge in [0.2, 0.25) is 15.9 Å². The van der Waals surface area contributed by atoms with E-state index >= 15 is 0 Å². The number of nitrogens with one attached hydrogen (secondary N) is 1. The Labute approximate surface area is 185 Å². The summed E-state index contributed by atoms with van der Waals surface area (Å²) in [6.45, 7) is 1.22. The Morgan fingerprint density at radius 3 is 2.53 bits per heavy atom. The summed E-state index contributed by atoms with van der Waals surface area (Å²) in [4.78, 5) is 12.4. The van der Waals surface area contributed by atoms with E-state index < -0.39 is 10.0 Å². The number of carbonyl (C=O) groups is 1. The highest BCUT2D eigenvalue weighted by Crippen LogP contribution is 2.30. The second-order valence-corrected chi connectivity index (χ2v) is 9.40. The Balaban J connectivity index is 1.72. The third-order valence-electron chi connectivity index (χ3n) is 4.66. The average Bonchev–Trinajstić information content (AvgIpc) is 2.75. The van der Waals surface area contributed by atoms with Crippen LogP contribution in [0.25, 0.3) is 0 Å². The number of hydrogen-bond acceptors (Lipinski definition) is 5. The largest absolute Gasteiger partial charge is 0.495 e. The Morgan fingerprint density at radius 2 is 1.87 bits per heavy atom. The summed E-state index contributed by atoms with van der Waals surface area (Å²) < 4.78 is 37.9. The topological polar surface area (TPSA) is 84.9 Å². The van der Waals surface area contributed by atoms with E-state index in [1.165, 1.54) is 23.5 Å². The molecule has 0 radical (unpaired) electrons. The quantitative estimate of drug-likeness (QED) is 0.665. The molecule has 10 heteroatoms. The van der Waals surface area contributed by atoms with Crippen molar-refractivity contribution in [1.29, 1.82) is 0 Å². The molecule has 3 rings (SSSR count). The van der Waals surface area contributed by atoms with Crippen LogP contribution in [0, 0.1) is 0 Å². The SMILES string of the molecule is COc1ccc(NC(=O)CCc2ccc(Cl)c(Cl)c2)cc1S(=O)(=O)N1CCOCC1. The van der Waals surface area contributed by atoms with Gasteiger partial charge in [0.1, 0.15) is 10.6 Å². The second kappa shape index (κ2) is 9.98. The monoisotopic (exact) mass is 472 g/mol. The molecule has 0 aliphatic carbocycles. The number of hydrogen-bond donors (Lipinski definition) is 1. The molecule has 1 saturated heterocycles. The average molecular weight is 473 g/mol. The summed E-state index contributed by atoms with van der Waals surface area (Å²) in [5, 5.41) is 3.63. The van der Waals surface area contributed by atoms with Crippen LogP contribution in [0.5, 0.6) is 5.75 Å². The van der Waals surface area contributed by atoms with Gasteiger partial charge < -0.3 is 14.8 Å². The van der Waals surface area contributed by atoms with E-state index in [4.69, 9.17) is 32.7 Å². The van der Waals surface area contributed by atoms with E-state index in [1.807, 2.05) is 6.07 Å². The van der Waals surface area contributed by atoms with Crippen LogP contribution in [0.15, 0.2) is 41.3 Å². The first-order valence-electron chi connectivity index (χ1n) is 9.31. The molecule has 0 aromatic heterocycles. The molecule has 1 aliphatic heterocycles.